The van der Waals surface area contributed by atoms with E-state index in [0.717, 1.165) is 6.42 Å². The van der Waals surface area contributed by atoms with Crippen molar-refractivity contribution in [2.45, 2.75) is 20.3 Å². The Balaban J connectivity index is 2.79. The van der Waals surface area contributed by atoms with Crippen molar-refractivity contribution in [2.75, 3.05) is 0 Å². The van der Waals surface area contributed by atoms with Crippen LogP contribution in [0.2, 0.25) is 0 Å². The van der Waals surface area contributed by atoms with Gasteiger partial charge in [-0.25, -0.2) is 0 Å². The smallest absolute Gasteiger partial charge is 0.0193 e. The fourth-order valence-electron chi connectivity index (χ4n) is 1.18. The average Bonchev–Trinajstić information content (AvgIpc) is 2.17. The molecule has 0 saturated carbocycles. The summed E-state index contributed by atoms with van der Waals surface area (Å²) < 4.78 is 0. The van der Waals surface area contributed by atoms with Crippen LogP contribution in [0.15, 0.2) is 36.9 Å². The Labute approximate surface area is 74.9 Å². The normalized spacial score (nSPS) is 12.5. The first-order valence-electron chi connectivity index (χ1n) is 4.50. The predicted octanol–water partition coefficient (Wildman–Crippen LogP) is 3.75. The maximum atomic E-state index is 4.10. The van der Waals surface area contributed by atoms with E-state index in [1.54, 1.807) is 0 Å². The van der Waals surface area contributed by atoms with Gasteiger partial charge in [-0.15, -0.1) is 0 Å². The quantitative estimate of drug-likeness (QED) is 0.631. The molecule has 0 aliphatic carbocycles. The monoisotopic (exact) mass is 160 g/mol. The summed E-state index contributed by atoms with van der Waals surface area (Å²) in [6, 6.07) is 10.4. The Morgan fingerprint density at radius 3 is 2.42 bits per heavy atom. The molecule has 0 unspecified atom stereocenters. The molecule has 0 heteroatoms. The molecule has 0 spiro atoms. The zero-order valence-electron chi connectivity index (χ0n) is 7.88. The lowest BCUT2D eigenvalue weighted by Crippen LogP contribution is -1.94. The predicted molar refractivity (Wildman–Crippen MR) is 54.9 cm³/mol. The topological polar surface area (TPSA) is 0 Å². The van der Waals surface area contributed by atoms with Crippen molar-refractivity contribution < 1.29 is 0 Å². The summed E-state index contributed by atoms with van der Waals surface area (Å²) in [7, 11) is 0. The minimum Gasteiger partial charge on any atom is -0.0950 e. The highest BCUT2D eigenvalue weighted by atomic mass is 14.1. The fraction of sp³-hybridized carbons (Fsp3) is 0.333. The van der Waals surface area contributed by atoms with E-state index in [1.807, 2.05) is 6.07 Å². The Morgan fingerprint density at radius 2 is 1.92 bits per heavy atom. The van der Waals surface area contributed by atoms with Gasteiger partial charge in [0.15, 0.2) is 0 Å². The first-order chi connectivity index (χ1) is 5.75. The third-order valence-corrected chi connectivity index (χ3v) is 2.35. The van der Waals surface area contributed by atoms with Crippen molar-refractivity contribution in [3.05, 3.63) is 42.5 Å². The lowest BCUT2D eigenvalue weighted by molar-refractivity contribution is 0.719. The van der Waals surface area contributed by atoms with Crippen LogP contribution in [0.3, 0.4) is 0 Å². The largest absolute Gasteiger partial charge is 0.0950 e. The molecule has 0 nitrogen and oxygen atoms in total. The SMILES string of the molecule is C=C(c1ccccc1)[C@H](C)CC. The standard InChI is InChI=1S/C12H16/c1-4-10(2)11(3)12-8-6-5-7-9-12/h5-10H,3-4H2,1-2H3/t10-/m1/s1. The average molecular weight is 160 g/mol. The van der Waals surface area contributed by atoms with E-state index >= 15 is 0 Å². The molecule has 0 saturated heterocycles. The highest BCUT2D eigenvalue weighted by Gasteiger charge is 2.04. The van der Waals surface area contributed by atoms with E-state index in [0.29, 0.717) is 5.92 Å². The van der Waals surface area contributed by atoms with Gasteiger partial charge in [-0.3, -0.25) is 0 Å². The molecule has 0 N–H and O–H groups in total. The third kappa shape index (κ3) is 1.97. The fourth-order valence-corrected chi connectivity index (χ4v) is 1.18. The number of rotatable bonds is 3. The first-order valence-corrected chi connectivity index (χ1v) is 4.50. The molecule has 1 rings (SSSR count). The van der Waals surface area contributed by atoms with Crippen LogP contribution in [0.5, 0.6) is 0 Å². The minimum absolute atomic E-state index is 0.590. The first kappa shape index (κ1) is 9.05. The van der Waals surface area contributed by atoms with Gasteiger partial charge in [0.2, 0.25) is 0 Å². The molecule has 12 heavy (non-hydrogen) atoms. The Bertz CT molecular complexity index is 246. The van der Waals surface area contributed by atoms with Gasteiger partial charge in [-0.05, 0) is 23.5 Å². The van der Waals surface area contributed by atoms with Crippen molar-refractivity contribution in [3.63, 3.8) is 0 Å². The zero-order valence-corrected chi connectivity index (χ0v) is 7.88. The van der Waals surface area contributed by atoms with Crippen LogP contribution in [0.1, 0.15) is 25.8 Å². The summed E-state index contributed by atoms with van der Waals surface area (Å²) in [5.74, 6) is 0.590. The number of allylic oxidation sites excluding steroid dienone is 1. The molecule has 64 valence electrons. The van der Waals surface area contributed by atoms with E-state index in [2.05, 4.69) is 44.7 Å². The highest BCUT2D eigenvalue weighted by molar-refractivity contribution is 5.64. The maximum absolute atomic E-state index is 4.10. The van der Waals surface area contributed by atoms with Crippen LogP contribution in [-0.4, -0.2) is 0 Å². The molecular weight excluding hydrogens is 144 g/mol. The van der Waals surface area contributed by atoms with Gasteiger partial charge in [0.1, 0.15) is 0 Å². The molecule has 0 amide bonds. The minimum atomic E-state index is 0.590. The van der Waals surface area contributed by atoms with Gasteiger partial charge in [0.25, 0.3) is 0 Å². The van der Waals surface area contributed by atoms with Gasteiger partial charge in [0, 0.05) is 0 Å². The Morgan fingerprint density at radius 1 is 1.33 bits per heavy atom. The molecule has 0 aliphatic heterocycles. The number of hydrogen-bond acceptors (Lipinski definition) is 0. The van der Waals surface area contributed by atoms with Crippen LogP contribution in [0.4, 0.5) is 0 Å². The Kier molecular flexibility index (Phi) is 3.09. The van der Waals surface area contributed by atoms with Crippen molar-refractivity contribution >= 4 is 5.57 Å². The molecule has 1 aromatic carbocycles. The zero-order chi connectivity index (χ0) is 8.97. The number of hydrogen-bond donors (Lipinski definition) is 0. The third-order valence-electron chi connectivity index (χ3n) is 2.35. The van der Waals surface area contributed by atoms with Gasteiger partial charge < -0.3 is 0 Å². The van der Waals surface area contributed by atoms with Gasteiger partial charge in [-0.1, -0.05) is 50.8 Å². The second-order valence-corrected chi connectivity index (χ2v) is 3.20. The maximum Gasteiger partial charge on any atom is -0.0193 e. The molecule has 0 aromatic heterocycles. The summed E-state index contributed by atoms with van der Waals surface area (Å²) in [6.07, 6.45) is 1.16. The molecule has 0 radical (unpaired) electrons. The van der Waals surface area contributed by atoms with Crippen LogP contribution < -0.4 is 0 Å². The second-order valence-electron chi connectivity index (χ2n) is 3.20. The lowest BCUT2D eigenvalue weighted by Gasteiger charge is -2.11. The second kappa shape index (κ2) is 4.10. The summed E-state index contributed by atoms with van der Waals surface area (Å²) >= 11 is 0. The van der Waals surface area contributed by atoms with Crippen LogP contribution in [0.25, 0.3) is 5.57 Å². The summed E-state index contributed by atoms with van der Waals surface area (Å²) in [6.45, 7) is 8.51. The van der Waals surface area contributed by atoms with Crippen molar-refractivity contribution in [3.8, 4) is 0 Å². The van der Waals surface area contributed by atoms with Crippen LogP contribution in [0, 0.1) is 5.92 Å². The molecule has 0 bridgehead atoms. The molecule has 0 aliphatic rings. The van der Waals surface area contributed by atoms with E-state index in [-0.39, 0.29) is 0 Å². The highest BCUT2D eigenvalue weighted by Crippen LogP contribution is 2.22. The van der Waals surface area contributed by atoms with Gasteiger partial charge in [-0.2, -0.15) is 0 Å². The van der Waals surface area contributed by atoms with Crippen molar-refractivity contribution in [1.82, 2.24) is 0 Å². The van der Waals surface area contributed by atoms with Crippen LogP contribution in [-0.2, 0) is 0 Å². The molecule has 0 heterocycles. The van der Waals surface area contributed by atoms with Gasteiger partial charge in [0.05, 0.1) is 0 Å². The molecular formula is C12H16. The van der Waals surface area contributed by atoms with Crippen LogP contribution >= 0.6 is 0 Å². The molecule has 1 aromatic rings. The van der Waals surface area contributed by atoms with Gasteiger partial charge >= 0.3 is 0 Å². The van der Waals surface area contributed by atoms with E-state index in [1.165, 1.54) is 11.1 Å². The number of benzene rings is 1. The van der Waals surface area contributed by atoms with Crippen molar-refractivity contribution in [1.29, 1.82) is 0 Å². The van der Waals surface area contributed by atoms with E-state index in [9.17, 15) is 0 Å². The van der Waals surface area contributed by atoms with Crippen molar-refractivity contribution in [2.24, 2.45) is 5.92 Å². The molecule has 0 fully saturated rings. The Hall–Kier alpha value is -1.04. The molecule has 1 atom stereocenters. The van der Waals surface area contributed by atoms with E-state index in [4.69, 9.17) is 0 Å². The van der Waals surface area contributed by atoms with E-state index < -0.39 is 0 Å². The summed E-state index contributed by atoms with van der Waals surface area (Å²) in [4.78, 5) is 0. The summed E-state index contributed by atoms with van der Waals surface area (Å²) in [5.41, 5.74) is 2.52. The summed E-state index contributed by atoms with van der Waals surface area (Å²) in [5, 5.41) is 0. The lowest BCUT2D eigenvalue weighted by atomic mass is 9.94.